The standard InChI is InChI=1S/C22H18Cl2N4OS/c1-14-17(21(24)28(26-14)13-15-7-9-16(23)10-8-15)11-12-20(29)25-22-27(2)18-5-3-4-6-19(18)30-22/h3-12H,13H2,1-2H3/b12-11+,25-22?. The third-order valence-electron chi connectivity index (χ3n) is 4.67. The van der Waals surface area contributed by atoms with Crippen LogP contribution in [0.4, 0.5) is 0 Å². The molecule has 4 aromatic rings. The van der Waals surface area contributed by atoms with E-state index in [2.05, 4.69) is 10.1 Å². The van der Waals surface area contributed by atoms with Crippen LogP contribution in [0.2, 0.25) is 10.2 Å². The number of fused-ring (bicyclic) bond motifs is 1. The molecule has 0 aliphatic rings. The third kappa shape index (κ3) is 4.26. The minimum atomic E-state index is -0.349. The monoisotopic (exact) mass is 456 g/mol. The van der Waals surface area contributed by atoms with Crippen molar-refractivity contribution < 1.29 is 4.79 Å². The smallest absolute Gasteiger partial charge is 0.272 e. The van der Waals surface area contributed by atoms with Crippen molar-refractivity contribution in [3.05, 3.63) is 86.4 Å². The maximum absolute atomic E-state index is 12.4. The minimum absolute atomic E-state index is 0.349. The summed E-state index contributed by atoms with van der Waals surface area (Å²) in [6.07, 6.45) is 3.09. The van der Waals surface area contributed by atoms with Gasteiger partial charge in [-0.2, -0.15) is 10.1 Å². The van der Waals surface area contributed by atoms with Gasteiger partial charge in [-0.15, -0.1) is 0 Å². The van der Waals surface area contributed by atoms with Crippen molar-refractivity contribution in [1.82, 2.24) is 14.3 Å². The molecule has 5 nitrogen and oxygen atoms in total. The number of hydrogen-bond donors (Lipinski definition) is 0. The molecule has 0 radical (unpaired) electrons. The molecule has 0 bridgehead atoms. The van der Waals surface area contributed by atoms with Gasteiger partial charge in [0.2, 0.25) is 0 Å². The van der Waals surface area contributed by atoms with Crippen molar-refractivity contribution in [3.63, 3.8) is 0 Å². The highest BCUT2D eigenvalue weighted by Crippen LogP contribution is 2.23. The van der Waals surface area contributed by atoms with Crippen molar-refractivity contribution in [2.45, 2.75) is 13.5 Å². The third-order valence-corrected chi connectivity index (χ3v) is 6.43. The van der Waals surface area contributed by atoms with E-state index in [4.69, 9.17) is 23.2 Å². The van der Waals surface area contributed by atoms with Gasteiger partial charge in [0.15, 0.2) is 4.80 Å². The Hall–Kier alpha value is -2.67. The average Bonchev–Trinajstić information content (AvgIpc) is 3.18. The summed E-state index contributed by atoms with van der Waals surface area (Å²) in [4.78, 5) is 17.3. The molecule has 8 heteroatoms. The lowest BCUT2D eigenvalue weighted by Gasteiger charge is -2.03. The summed E-state index contributed by atoms with van der Waals surface area (Å²) in [7, 11) is 1.90. The predicted octanol–water partition coefficient (Wildman–Crippen LogP) is 5.24. The molecule has 0 spiro atoms. The van der Waals surface area contributed by atoms with E-state index in [1.165, 1.54) is 17.4 Å². The summed E-state index contributed by atoms with van der Waals surface area (Å²) in [5.74, 6) is -0.349. The van der Waals surface area contributed by atoms with Crippen LogP contribution in [0.5, 0.6) is 0 Å². The maximum atomic E-state index is 12.4. The SMILES string of the molecule is Cc1nn(Cc2ccc(Cl)cc2)c(Cl)c1/C=C/C(=O)N=c1sc2ccccc2n1C. The van der Waals surface area contributed by atoms with Gasteiger partial charge in [0.1, 0.15) is 5.15 Å². The van der Waals surface area contributed by atoms with E-state index < -0.39 is 0 Å². The highest BCUT2D eigenvalue weighted by molar-refractivity contribution is 7.16. The lowest BCUT2D eigenvalue weighted by molar-refractivity contribution is -0.113. The first-order valence-corrected chi connectivity index (χ1v) is 10.8. The second-order valence-electron chi connectivity index (χ2n) is 6.77. The van der Waals surface area contributed by atoms with E-state index in [0.717, 1.165) is 21.5 Å². The first-order valence-electron chi connectivity index (χ1n) is 9.21. The topological polar surface area (TPSA) is 52.2 Å². The zero-order valence-corrected chi connectivity index (χ0v) is 18.7. The number of carbonyl (C=O) groups excluding carboxylic acids is 1. The van der Waals surface area contributed by atoms with Crippen molar-refractivity contribution >= 4 is 56.7 Å². The molecule has 0 N–H and O–H groups in total. The molecule has 0 aliphatic heterocycles. The normalized spacial score (nSPS) is 12.3. The number of para-hydroxylation sites is 1. The van der Waals surface area contributed by atoms with E-state index >= 15 is 0 Å². The number of hydrogen-bond acceptors (Lipinski definition) is 3. The average molecular weight is 457 g/mol. The molecule has 2 heterocycles. The van der Waals surface area contributed by atoms with Crippen LogP contribution < -0.4 is 4.80 Å². The van der Waals surface area contributed by atoms with E-state index in [0.29, 0.717) is 27.1 Å². The van der Waals surface area contributed by atoms with E-state index in [-0.39, 0.29) is 5.91 Å². The number of halogens is 2. The molecule has 1 amide bonds. The quantitative estimate of drug-likeness (QED) is 0.394. The number of benzene rings is 2. The molecule has 0 saturated heterocycles. The zero-order chi connectivity index (χ0) is 21.3. The van der Waals surface area contributed by atoms with Crippen LogP contribution in [-0.2, 0) is 18.4 Å². The second kappa shape index (κ2) is 8.60. The van der Waals surface area contributed by atoms with Gasteiger partial charge in [0.05, 0.1) is 22.5 Å². The van der Waals surface area contributed by atoms with Gasteiger partial charge in [-0.1, -0.05) is 58.8 Å². The van der Waals surface area contributed by atoms with Gasteiger partial charge in [-0.3, -0.25) is 4.79 Å². The van der Waals surface area contributed by atoms with Gasteiger partial charge in [-0.25, -0.2) is 4.68 Å². The summed E-state index contributed by atoms with van der Waals surface area (Å²) in [6, 6.07) is 15.5. The van der Waals surface area contributed by atoms with Crippen molar-refractivity contribution in [2.24, 2.45) is 12.0 Å². The Kier molecular flexibility index (Phi) is 5.90. The van der Waals surface area contributed by atoms with Crippen LogP contribution in [-0.4, -0.2) is 20.3 Å². The number of amides is 1. The summed E-state index contributed by atoms with van der Waals surface area (Å²) in [5.41, 5.74) is 3.52. The molecule has 0 saturated carbocycles. The van der Waals surface area contributed by atoms with Crippen molar-refractivity contribution in [3.8, 4) is 0 Å². The minimum Gasteiger partial charge on any atom is -0.319 e. The largest absolute Gasteiger partial charge is 0.319 e. The van der Waals surface area contributed by atoms with E-state index in [9.17, 15) is 4.79 Å². The first kappa shape index (κ1) is 20.6. The second-order valence-corrected chi connectivity index (χ2v) is 8.57. The highest BCUT2D eigenvalue weighted by Gasteiger charge is 2.12. The molecule has 30 heavy (non-hydrogen) atoms. The maximum Gasteiger partial charge on any atom is 0.272 e. The summed E-state index contributed by atoms with van der Waals surface area (Å²) in [6.45, 7) is 2.37. The van der Waals surface area contributed by atoms with Crippen LogP contribution in [0.25, 0.3) is 16.3 Å². The molecule has 4 rings (SSSR count). The molecule has 152 valence electrons. The lowest BCUT2D eigenvalue weighted by atomic mass is 10.2. The van der Waals surface area contributed by atoms with Gasteiger partial charge in [-0.05, 0) is 42.8 Å². The van der Waals surface area contributed by atoms with Gasteiger partial charge in [0, 0.05) is 23.7 Å². The lowest BCUT2D eigenvalue weighted by Crippen LogP contribution is -2.12. The Morgan fingerprint density at radius 2 is 1.90 bits per heavy atom. The Morgan fingerprint density at radius 1 is 1.17 bits per heavy atom. The fourth-order valence-corrected chi connectivity index (χ4v) is 4.55. The summed E-state index contributed by atoms with van der Waals surface area (Å²) < 4.78 is 4.69. The Balaban J connectivity index is 1.57. The molecular formula is C22H18Cl2N4OS. The first-order chi connectivity index (χ1) is 14.4. The molecule has 2 aromatic carbocycles. The van der Waals surface area contributed by atoms with E-state index in [1.807, 2.05) is 67.1 Å². The zero-order valence-electron chi connectivity index (χ0n) is 16.3. The van der Waals surface area contributed by atoms with Crippen LogP contribution in [0.3, 0.4) is 0 Å². The molecule has 2 aromatic heterocycles. The van der Waals surface area contributed by atoms with E-state index in [1.54, 1.807) is 10.8 Å². The fourth-order valence-electron chi connectivity index (χ4n) is 3.10. The summed E-state index contributed by atoms with van der Waals surface area (Å²) >= 11 is 13.9. The van der Waals surface area contributed by atoms with Crippen LogP contribution in [0.1, 0.15) is 16.8 Å². The predicted molar refractivity (Wildman–Crippen MR) is 123 cm³/mol. The molecule has 0 unspecified atom stereocenters. The van der Waals surface area contributed by atoms with Crippen molar-refractivity contribution in [2.75, 3.05) is 0 Å². The van der Waals surface area contributed by atoms with Gasteiger partial charge < -0.3 is 4.57 Å². The molecular weight excluding hydrogens is 439 g/mol. The van der Waals surface area contributed by atoms with Crippen LogP contribution in [0.15, 0.2) is 59.6 Å². The van der Waals surface area contributed by atoms with Gasteiger partial charge >= 0.3 is 0 Å². The number of rotatable bonds is 4. The Labute approximate surface area is 187 Å². The van der Waals surface area contributed by atoms with Gasteiger partial charge in [0.25, 0.3) is 5.91 Å². The number of thiazole rings is 1. The number of aryl methyl sites for hydroxylation is 2. The number of carbonyl (C=O) groups is 1. The highest BCUT2D eigenvalue weighted by atomic mass is 35.5. The van der Waals surface area contributed by atoms with Crippen LogP contribution >= 0.6 is 34.5 Å². The summed E-state index contributed by atoms with van der Waals surface area (Å²) in [5, 5.41) is 5.64. The number of nitrogens with zero attached hydrogens (tertiary/aromatic N) is 4. The molecule has 0 fully saturated rings. The Bertz CT molecular complexity index is 1330. The number of aromatic nitrogens is 3. The fraction of sp³-hybridized carbons (Fsp3) is 0.136. The Morgan fingerprint density at radius 3 is 2.63 bits per heavy atom. The molecule has 0 atom stereocenters. The van der Waals surface area contributed by atoms with Crippen LogP contribution in [0, 0.1) is 6.92 Å². The molecule has 0 aliphatic carbocycles. The van der Waals surface area contributed by atoms with Crippen molar-refractivity contribution in [1.29, 1.82) is 0 Å².